The molecule has 1 N–H and O–H groups in total. The number of ether oxygens (including phenoxy) is 1. The van der Waals surface area contributed by atoms with Crippen molar-refractivity contribution < 1.29 is 9.53 Å². The maximum absolute atomic E-state index is 12.4. The molecule has 0 aliphatic heterocycles. The third-order valence-electron chi connectivity index (χ3n) is 4.59. The van der Waals surface area contributed by atoms with Crippen LogP contribution < -0.4 is 5.32 Å². The van der Waals surface area contributed by atoms with Gasteiger partial charge in [0.1, 0.15) is 11.6 Å². The van der Waals surface area contributed by atoms with Crippen molar-refractivity contribution in [2.45, 2.75) is 13.0 Å². The second kappa shape index (κ2) is 9.92. The molecular formula is C23H22ClN3O2. The van der Waals surface area contributed by atoms with E-state index < -0.39 is 0 Å². The van der Waals surface area contributed by atoms with Crippen LogP contribution in [-0.4, -0.2) is 30.7 Å². The molecule has 29 heavy (non-hydrogen) atoms. The molecule has 1 amide bonds. The maximum atomic E-state index is 12.4. The van der Waals surface area contributed by atoms with Crippen molar-refractivity contribution in [2.24, 2.45) is 0 Å². The number of nitriles is 1. The number of carbonyl (C=O) groups excluding carboxylic acids is 1. The molecular weight excluding hydrogens is 386 g/mol. The van der Waals surface area contributed by atoms with Gasteiger partial charge in [-0.25, -0.2) is 0 Å². The number of carbonyl (C=O) groups is 1. The number of hydrogen-bond acceptors (Lipinski definition) is 3. The van der Waals surface area contributed by atoms with Gasteiger partial charge in [0, 0.05) is 54.5 Å². The number of halogens is 1. The lowest BCUT2D eigenvalue weighted by molar-refractivity contribution is -0.117. The number of rotatable bonds is 8. The molecule has 3 rings (SSSR count). The maximum Gasteiger partial charge on any atom is 0.261 e. The first-order chi connectivity index (χ1) is 14.1. The van der Waals surface area contributed by atoms with Gasteiger partial charge >= 0.3 is 0 Å². The van der Waals surface area contributed by atoms with Crippen LogP contribution in [0.3, 0.4) is 0 Å². The van der Waals surface area contributed by atoms with Crippen molar-refractivity contribution in [1.82, 2.24) is 9.88 Å². The Kier molecular flexibility index (Phi) is 7.07. The molecule has 0 atom stereocenters. The first kappa shape index (κ1) is 20.7. The molecule has 6 heteroatoms. The fourth-order valence-electron chi connectivity index (χ4n) is 3.15. The van der Waals surface area contributed by atoms with Gasteiger partial charge in [-0.15, -0.1) is 0 Å². The molecule has 0 spiro atoms. The molecule has 0 saturated carbocycles. The zero-order valence-electron chi connectivity index (χ0n) is 16.2. The Morgan fingerprint density at radius 1 is 1.24 bits per heavy atom. The Labute approximate surface area is 175 Å². The summed E-state index contributed by atoms with van der Waals surface area (Å²) in [7, 11) is 1.61. The Balaban J connectivity index is 1.91. The number of nitrogens with one attached hydrogen (secondary N) is 1. The predicted octanol–water partition coefficient (Wildman–Crippen LogP) is 4.40. The molecule has 0 bridgehead atoms. The van der Waals surface area contributed by atoms with Crippen molar-refractivity contribution in [2.75, 3.05) is 20.3 Å². The molecule has 148 valence electrons. The van der Waals surface area contributed by atoms with E-state index in [2.05, 4.69) is 9.88 Å². The molecule has 5 nitrogen and oxygen atoms in total. The minimum absolute atomic E-state index is 0.0723. The van der Waals surface area contributed by atoms with E-state index in [0.29, 0.717) is 31.1 Å². The molecule has 1 heterocycles. The Bertz CT molecular complexity index is 1080. The van der Waals surface area contributed by atoms with Crippen molar-refractivity contribution >= 4 is 34.5 Å². The largest absolute Gasteiger partial charge is 0.385 e. The standard InChI is InChI=1S/C23H22ClN3O2/c1-29-12-6-11-26-23(28)18(14-25)13-19-16-27(22-10-5-3-8-20(19)22)15-17-7-2-4-9-21(17)24/h2-5,7-10,13,16H,6,11-12,15H2,1H3,(H,26,28)/b18-13+. The van der Waals surface area contributed by atoms with Crippen LogP contribution >= 0.6 is 11.6 Å². The van der Waals surface area contributed by atoms with Crippen LogP contribution in [-0.2, 0) is 16.1 Å². The van der Waals surface area contributed by atoms with Crippen LogP contribution in [0.1, 0.15) is 17.5 Å². The smallest absolute Gasteiger partial charge is 0.261 e. The van der Waals surface area contributed by atoms with E-state index in [4.69, 9.17) is 16.3 Å². The van der Waals surface area contributed by atoms with Crippen LogP contribution in [0.2, 0.25) is 5.02 Å². The number of amides is 1. The summed E-state index contributed by atoms with van der Waals surface area (Å²) in [6.07, 6.45) is 4.28. The highest BCUT2D eigenvalue weighted by Crippen LogP contribution is 2.26. The lowest BCUT2D eigenvalue weighted by atomic mass is 10.1. The summed E-state index contributed by atoms with van der Waals surface area (Å²) in [4.78, 5) is 12.4. The number of methoxy groups -OCH3 is 1. The van der Waals surface area contributed by atoms with Gasteiger partial charge < -0.3 is 14.6 Å². The van der Waals surface area contributed by atoms with E-state index in [-0.39, 0.29) is 11.5 Å². The first-order valence-electron chi connectivity index (χ1n) is 9.34. The fraction of sp³-hybridized carbons (Fsp3) is 0.217. The highest BCUT2D eigenvalue weighted by atomic mass is 35.5. The molecule has 0 aliphatic carbocycles. The van der Waals surface area contributed by atoms with Gasteiger partial charge in [0.2, 0.25) is 0 Å². The zero-order chi connectivity index (χ0) is 20.6. The van der Waals surface area contributed by atoms with Gasteiger partial charge in [-0.2, -0.15) is 5.26 Å². The number of para-hydroxylation sites is 1. The third kappa shape index (κ3) is 5.05. The quantitative estimate of drug-likeness (QED) is 0.342. The SMILES string of the molecule is COCCCNC(=O)/C(C#N)=C/c1cn(Cc2ccccc2Cl)c2ccccc12. The lowest BCUT2D eigenvalue weighted by Gasteiger charge is -2.07. The number of fused-ring (bicyclic) bond motifs is 1. The summed E-state index contributed by atoms with van der Waals surface area (Å²) in [6.45, 7) is 1.61. The third-order valence-corrected chi connectivity index (χ3v) is 4.96. The van der Waals surface area contributed by atoms with Crippen molar-refractivity contribution in [1.29, 1.82) is 5.26 Å². The molecule has 3 aromatic rings. The number of benzene rings is 2. The van der Waals surface area contributed by atoms with Gasteiger partial charge in [0.05, 0.1) is 0 Å². The molecule has 0 fully saturated rings. The number of nitrogens with zero attached hydrogens (tertiary/aromatic N) is 2. The number of hydrogen-bond donors (Lipinski definition) is 1. The van der Waals surface area contributed by atoms with E-state index in [9.17, 15) is 10.1 Å². The zero-order valence-corrected chi connectivity index (χ0v) is 16.9. The van der Waals surface area contributed by atoms with E-state index in [1.165, 1.54) is 0 Å². The Morgan fingerprint density at radius 2 is 2.00 bits per heavy atom. The van der Waals surface area contributed by atoms with E-state index in [0.717, 1.165) is 22.0 Å². The summed E-state index contributed by atoms with van der Waals surface area (Å²) in [6, 6.07) is 17.6. The van der Waals surface area contributed by atoms with Gasteiger partial charge in [-0.1, -0.05) is 48.0 Å². The minimum atomic E-state index is -0.383. The summed E-state index contributed by atoms with van der Waals surface area (Å²) in [5.41, 5.74) is 2.90. The normalized spacial score (nSPS) is 11.4. The van der Waals surface area contributed by atoms with Crippen LogP contribution in [0, 0.1) is 11.3 Å². The summed E-state index contributed by atoms with van der Waals surface area (Å²) in [5, 5.41) is 13.9. The van der Waals surface area contributed by atoms with Crippen molar-refractivity contribution in [3.05, 3.63) is 76.5 Å². The van der Waals surface area contributed by atoms with E-state index in [1.807, 2.05) is 60.8 Å². The fourth-order valence-corrected chi connectivity index (χ4v) is 3.34. The van der Waals surface area contributed by atoms with Crippen LogP contribution in [0.4, 0.5) is 0 Å². The van der Waals surface area contributed by atoms with E-state index in [1.54, 1.807) is 13.2 Å². The van der Waals surface area contributed by atoms with Gasteiger partial charge in [-0.05, 0) is 30.2 Å². The molecule has 0 saturated heterocycles. The topological polar surface area (TPSA) is 67.0 Å². The van der Waals surface area contributed by atoms with E-state index >= 15 is 0 Å². The summed E-state index contributed by atoms with van der Waals surface area (Å²) in [5.74, 6) is -0.383. The average Bonchev–Trinajstić information content (AvgIpc) is 3.08. The van der Waals surface area contributed by atoms with Crippen LogP contribution in [0.5, 0.6) is 0 Å². The molecule has 1 aromatic heterocycles. The second-order valence-corrected chi connectivity index (χ2v) is 7.00. The minimum Gasteiger partial charge on any atom is -0.385 e. The van der Waals surface area contributed by atoms with Crippen molar-refractivity contribution in [3.63, 3.8) is 0 Å². The van der Waals surface area contributed by atoms with Gasteiger partial charge in [0.25, 0.3) is 5.91 Å². The Hall–Kier alpha value is -3.07. The number of aromatic nitrogens is 1. The molecule has 0 radical (unpaired) electrons. The molecule has 0 unspecified atom stereocenters. The van der Waals surface area contributed by atoms with Gasteiger partial charge in [-0.3, -0.25) is 4.79 Å². The monoisotopic (exact) mass is 407 g/mol. The summed E-state index contributed by atoms with van der Waals surface area (Å²) < 4.78 is 7.05. The predicted molar refractivity (Wildman–Crippen MR) is 116 cm³/mol. The molecule has 0 aliphatic rings. The molecule has 2 aromatic carbocycles. The Morgan fingerprint density at radius 3 is 2.76 bits per heavy atom. The first-order valence-corrected chi connectivity index (χ1v) is 9.72. The summed E-state index contributed by atoms with van der Waals surface area (Å²) >= 11 is 6.32. The second-order valence-electron chi connectivity index (χ2n) is 6.59. The highest BCUT2D eigenvalue weighted by molar-refractivity contribution is 6.31. The van der Waals surface area contributed by atoms with Crippen LogP contribution in [0.25, 0.3) is 17.0 Å². The van der Waals surface area contributed by atoms with Crippen molar-refractivity contribution in [3.8, 4) is 6.07 Å². The van der Waals surface area contributed by atoms with Gasteiger partial charge in [0.15, 0.2) is 0 Å². The highest BCUT2D eigenvalue weighted by Gasteiger charge is 2.13. The lowest BCUT2D eigenvalue weighted by Crippen LogP contribution is -2.26. The van der Waals surface area contributed by atoms with Crippen LogP contribution in [0.15, 0.2) is 60.3 Å². The average molecular weight is 408 g/mol.